The summed E-state index contributed by atoms with van der Waals surface area (Å²) in [7, 11) is -3.76. The quantitative estimate of drug-likeness (QED) is 0.594. The van der Waals surface area contributed by atoms with Gasteiger partial charge in [0.15, 0.2) is 0 Å². The van der Waals surface area contributed by atoms with E-state index in [9.17, 15) is 18.0 Å². The lowest BCUT2D eigenvalue weighted by atomic mass is 10.0. The Morgan fingerprint density at radius 1 is 0.935 bits per heavy atom. The van der Waals surface area contributed by atoms with Crippen molar-refractivity contribution in [2.24, 2.45) is 0 Å². The summed E-state index contributed by atoms with van der Waals surface area (Å²) in [6.07, 6.45) is 1.47. The topological polar surface area (TPSA) is 96.4 Å². The summed E-state index contributed by atoms with van der Waals surface area (Å²) in [4.78, 5) is 30.1. The number of sulfonamides is 1. The fraction of sp³-hybridized carbons (Fsp3) is 0.174. The maximum absolute atomic E-state index is 12.7. The van der Waals surface area contributed by atoms with Crippen LogP contribution in [0.4, 0.5) is 5.69 Å². The number of hydrogen-bond donors (Lipinski definition) is 1. The van der Waals surface area contributed by atoms with E-state index in [-0.39, 0.29) is 22.7 Å². The van der Waals surface area contributed by atoms with Gasteiger partial charge in [-0.05, 0) is 53.4 Å². The molecule has 0 bridgehead atoms. The number of nitrogens with zero attached hydrogens (tertiary/aromatic N) is 2. The number of carbonyl (C=O) groups excluding carboxylic acids is 2. The highest BCUT2D eigenvalue weighted by molar-refractivity contribution is 7.92. The van der Waals surface area contributed by atoms with Crippen LogP contribution in [0.5, 0.6) is 0 Å². The lowest BCUT2D eigenvalue weighted by molar-refractivity contribution is 0.0640. The monoisotopic (exact) mass is 435 g/mol. The van der Waals surface area contributed by atoms with Crippen molar-refractivity contribution in [3.8, 4) is 0 Å². The Balaban J connectivity index is 1.48. The summed E-state index contributed by atoms with van der Waals surface area (Å²) in [5.74, 6) is -0.503. The second kappa shape index (κ2) is 7.96. The fourth-order valence-corrected chi connectivity index (χ4v) is 4.42. The van der Waals surface area contributed by atoms with Crippen molar-refractivity contribution in [3.05, 3.63) is 89.2 Å². The Bertz CT molecular complexity index is 1220. The van der Waals surface area contributed by atoms with Crippen molar-refractivity contribution < 1.29 is 18.0 Å². The number of amides is 2. The molecule has 0 spiro atoms. The molecule has 2 amide bonds. The van der Waals surface area contributed by atoms with Crippen molar-refractivity contribution in [2.75, 3.05) is 4.72 Å². The van der Waals surface area contributed by atoms with Crippen molar-refractivity contribution in [1.82, 2.24) is 9.88 Å². The molecule has 1 aromatic heterocycles. The number of fused-ring (bicyclic) bond motifs is 1. The van der Waals surface area contributed by atoms with E-state index in [2.05, 4.69) is 23.6 Å². The Labute approximate surface area is 180 Å². The second-order valence-electron chi connectivity index (χ2n) is 7.62. The van der Waals surface area contributed by atoms with Crippen LogP contribution in [0, 0.1) is 0 Å². The molecule has 0 saturated heterocycles. The number of nitrogens with one attached hydrogen (secondary N) is 1. The lowest BCUT2D eigenvalue weighted by Crippen LogP contribution is -2.29. The van der Waals surface area contributed by atoms with E-state index in [1.165, 1.54) is 18.3 Å². The maximum atomic E-state index is 12.7. The van der Waals surface area contributed by atoms with Crippen LogP contribution in [0.25, 0.3) is 0 Å². The third-order valence-electron chi connectivity index (χ3n) is 5.13. The smallest absolute Gasteiger partial charge is 0.280 e. The molecule has 158 valence electrons. The first kappa shape index (κ1) is 20.7. The highest BCUT2D eigenvalue weighted by Gasteiger charge is 2.36. The van der Waals surface area contributed by atoms with Crippen LogP contribution < -0.4 is 4.72 Å². The predicted octanol–water partition coefficient (Wildman–Crippen LogP) is 3.80. The number of hydrogen-bond acceptors (Lipinski definition) is 5. The third-order valence-corrected chi connectivity index (χ3v) is 6.53. The average Bonchev–Trinajstić information content (AvgIpc) is 2.99. The Morgan fingerprint density at radius 2 is 1.61 bits per heavy atom. The minimum atomic E-state index is -3.76. The van der Waals surface area contributed by atoms with Crippen LogP contribution in [0.2, 0.25) is 0 Å². The zero-order valence-corrected chi connectivity index (χ0v) is 17.9. The van der Waals surface area contributed by atoms with Gasteiger partial charge in [-0.2, -0.15) is 0 Å². The molecule has 0 saturated carbocycles. The first-order valence-corrected chi connectivity index (χ1v) is 11.3. The first-order chi connectivity index (χ1) is 14.8. The van der Waals surface area contributed by atoms with Gasteiger partial charge in [-0.1, -0.05) is 38.1 Å². The lowest BCUT2D eigenvalue weighted by Gasteiger charge is -2.14. The van der Waals surface area contributed by atoms with E-state index in [0.29, 0.717) is 17.2 Å². The van der Waals surface area contributed by atoms with E-state index < -0.39 is 21.8 Å². The van der Waals surface area contributed by atoms with Crippen molar-refractivity contribution in [1.29, 1.82) is 0 Å². The van der Waals surface area contributed by atoms with Gasteiger partial charge in [0.1, 0.15) is 5.69 Å². The van der Waals surface area contributed by atoms with Crippen LogP contribution in [0.3, 0.4) is 0 Å². The number of aromatic nitrogens is 1. The molecule has 0 radical (unpaired) electrons. The molecule has 1 aliphatic rings. The van der Waals surface area contributed by atoms with Gasteiger partial charge >= 0.3 is 0 Å². The number of carbonyl (C=O) groups is 2. The van der Waals surface area contributed by atoms with Gasteiger partial charge < -0.3 is 0 Å². The van der Waals surface area contributed by atoms with Crippen LogP contribution in [0.15, 0.2) is 71.8 Å². The normalized spacial score (nSPS) is 13.6. The Hall–Kier alpha value is -3.52. The summed E-state index contributed by atoms with van der Waals surface area (Å²) in [6.45, 7) is 4.18. The molecule has 2 heterocycles. The van der Waals surface area contributed by atoms with Gasteiger partial charge in [-0.3, -0.25) is 24.2 Å². The number of benzene rings is 2. The van der Waals surface area contributed by atoms with Crippen LogP contribution in [-0.4, -0.2) is 30.1 Å². The summed E-state index contributed by atoms with van der Waals surface area (Å²) >= 11 is 0. The second-order valence-corrected chi connectivity index (χ2v) is 9.30. The molecular formula is C23H21N3O4S. The average molecular weight is 436 g/mol. The van der Waals surface area contributed by atoms with Crippen LogP contribution in [-0.2, 0) is 16.6 Å². The molecule has 1 N–H and O–H groups in total. The number of rotatable bonds is 6. The maximum Gasteiger partial charge on any atom is 0.280 e. The summed E-state index contributed by atoms with van der Waals surface area (Å²) in [5.41, 5.74) is 2.65. The van der Waals surface area contributed by atoms with E-state index >= 15 is 0 Å². The number of pyridine rings is 1. The minimum Gasteiger partial charge on any atom is -0.280 e. The molecule has 2 aromatic carbocycles. The molecule has 0 unspecified atom stereocenters. The van der Waals surface area contributed by atoms with Gasteiger partial charge in [0.25, 0.3) is 21.8 Å². The zero-order chi connectivity index (χ0) is 22.2. The molecule has 7 nitrogen and oxygen atoms in total. The standard InChI is InChI=1S/C23H21N3O4S/c1-15(2)17-7-9-18(10-8-17)25-31(29,30)19-11-5-16(6-12-19)14-26-22(27)20-4-3-13-24-21(20)23(26)28/h3-13,15,25H,14H2,1-2H3. The van der Waals surface area contributed by atoms with Crippen molar-refractivity contribution in [2.45, 2.75) is 31.2 Å². The first-order valence-electron chi connectivity index (χ1n) is 9.79. The zero-order valence-electron chi connectivity index (χ0n) is 17.1. The summed E-state index contributed by atoms with van der Waals surface area (Å²) < 4.78 is 27.9. The highest BCUT2D eigenvalue weighted by atomic mass is 32.2. The van der Waals surface area contributed by atoms with Crippen molar-refractivity contribution in [3.63, 3.8) is 0 Å². The number of imide groups is 1. The molecule has 0 atom stereocenters. The fourth-order valence-electron chi connectivity index (χ4n) is 3.36. The molecule has 31 heavy (non-hydrogen) atoms. The van der Waals surface area contributed by atoms with Gasteiger partial charge in [-0.25, -0.2) is 8.42 Å². The molecule has 8 heteroatoms. The predicted molar refractivity (Wildman–Crippen MR) is 116 cm³/mol. The SMILES string of the molecule is CC(C)c1ccc(NS(=O)(=O)c2ccc(CN3C(=O)c4cccnc4C3=O)cc2)cc1. The van der Waals surface area contributed by atoms with E-state index in [1.54, 1.807) is 36.4 Å². The Kier molecular flexibility index (Phi) is 5.32. The molecule has 3 aromatic rings. The molecule has 0 aliphatic carbocycles. The highest BCUT2D eigenvalue weighted by Crippen LogP contribution is 2.24. The largest absolute Gasteiger partial charge is 0.280 e. The Morgan fingerprint density at radius 3 is 2.23 bits per heavy atom. The van der Waals surface area contributed by atoms with Gasteiger partial charge in [0, 0.05) is 11.9 Å². The number of anilines is 1. The summed E-state index contributed by atoms with van der Waals surface area (Å²) in [6, 6.07) is 16.5. The minimum absolute atomic E-state index is 0.0401. The van der Waals surface area contributed by atoms with Gasteiger partial charge in [-0.15, -0.1) is 0 Å². The van der Waals surface area contributed by atoms with Crippen LogP contribution >= 0.6 is 0 Å². The van der Waals surface area contributed by atoms with E-state index in [1.807, 2.05) is 12.1 Å². The molecular weight excluding hydrogens is 414 g/mol. The van der Waals surface area contributed by atoms with E-state index in [0.717, 1.165) is 10.5 Å². The van der Waals surface area contributed by atoms with E-state index in [4.69, 9.17) is 0 Å². The van der Waals surface area contributed by atoms with Crippen molar-refractivity contribution >= 4 is 27.5 Å². The molecule has 4 rings (SSSR count). The van der Waals surface area contributed by atoms with Gasteiger partial charge in [0.05, 0.1) is 17.0 Å². The molecule has 0 fully saturated rings. The molecule has 1 aliphatic heterocycles. The van der Waals surface area contributed by atoms with Crippen LogP contribution in [0.1, 0.15) is 51.7 Å². The third kappa shape index (κ3) is 4.06. The van der Waals surface area contributed by atoms with Gasteiger partial charge in [0.2, 0.25) is 0 Å². The summed E-state index contributed by atoms with van der Waals surface area (Å²) in [5, 5.41) is 0.